The molecular weight excluding hydrogens is 343 g/mol. The van der Waals surface area contributed by atoms with Gasteiger partial charge >= 0.3 is 23.9 Å². The zero-order valence-electron chi connectivity index (χ0n) is 14.1. The van der Waals surface area contributed by atoms with Crippen LogP contribution in [0.25, 0.3) is 0 Å². The summed E-state index contributed by atoms with van der Waals surface area (Å²) < 4.78 is 78.8. The molecule has 0 aliphatic rings. The van der Waals surface area contributed by atoms with E-state index in [1.165, 1.54) is 27.7 Å². The van der Waals surface area contributed by atoms with Gasteiger partial charge in [-0.05, 0) is 27.2 Å². The van der Waals surface area contributed by atoms with Crippen LogP contribution in [0.1, 0.15) is 41.0 Å². The molecule has 0 aromatic heterocycles. The van der Waals surface area contributed by atoms with Gasteiger partial charge in [0, 0.05) is 6.92 Å². The number of ether oxygens (including phenoxy) is 3. The largest absolute Gasteiger partial charge is 0.468 e. The van der Waals surface area contributed by atoms with Crippen LogP contribution in [-0.2, 0) is 23.8 Å². The summed E-state index contributed by atoms with van der Waals surface area (Å²) in [6.45, 7) is 3.23. The second-order valence-corrected chi connectivity index (χ2v) is 5.82. The number of hydrogen-bond donors (Lipinski definition) is 0. The zero-order chi connectivity index (χ0) is 19.4. The molecule has 0 radical (unpaired) electrons. The normalized spacial score (nSPS) is 15.6. The van der Waals surface area contributed by atoms with Crippen molar-refractivity contribution in [1.29, 1.82) is 0 Å². The molecule has 1 unspecified atom stereocenters. The van der Waals surface area contributed by atoms with E-state index in [2.05, 4.69) is 14.2 Å². The predicted molar refractivity (Wildman–Crippen MR) is 72.2 cm³/mol. The van der Waals surface area contributed by atoms with E-state index in [4.69, 9.17) is 0 Å². The lowest BCUT2D eigenvalue weighted by atomic mass is 9.90. The molecule has 0 rings (SSSR count). The van der Waals surface area contributed by atoms with Crippen LogP contribution in [0.5, 0.6) is 0 Å². The Hall–Kier alpha value is -1.45. The van der Waals surface area contributed by atoms with Gasteiger partial charge in [-0.1, -0.05) is 6.92 Å². The number of esters is 2. The molecule has 0 aromatic carbocycles. The fourth-order valence-corrected chi connectivity index (χ4v) is 1.25. The monoisotopic (exact) mass is 364 g/mol. The number of halogens is 5. The summed E-state index contributed by atoms with van der Waals surface area (Å²) in [5.41, 5.74) is -1.40. The Kier molecular flexibility index (Phi) is 7.16. The number of carbonyl (C=O) groups excluding carboxylic acids is 2. The van der Waals surface area contributed by atoms with Crippen LogP contribution in [0.2, 0.25) is 0 Å². The van der Waals surface area contributed by atoms with Crippen molar-refractivity contribution in [2.45, 2.75) is 58.9 Å². The Labute approximate surface area is 136 Å². The summed E-state index contributed by atoms with van der Waals surface area (Å²) >= 11 is 0. The van der Waals surface area contributed by atoms with E-state index in [9.17, 15) is 31.5 Å². The summed E-state index contributed by atoms with van der Waals surface area (Å²) in [6, 6.07) is 0. The van der Waals surface area contributed by atoms with Gasteiger partial charge in [-0.3, -0.25) is 4.79 Å². The van der Waals surface area contributed by atoms with E-state index in [0.29, 0.717) is 0 Å². The van der Waals surface area contributed by atoms with Gasteiger partial charge in [-0.2, -0.15) is 13.2 Å². The molecular formula is C14H21F5O5. The number of alkyl halides is 5. The second kappa shape index (κ2) is 7.62. The molecule has 0 heterocycles. The molecule has 1 atom stereocenters. The van der Waals surface area contributed by atoms with Gasteiger partial charge in [0.15, 0.2) is 0 Å². The third kappa shape index (κ3) is 5.57. The van der Waals surface area contributed by atoms with Crippen molar-refractivity contribution < 1.29 is 45.8 Å². The first kappa shape index (κ1) is 22.6. The molecule has 0 aromatic rings. The molecule has 0 saturated carbocycles. The Morgan fingerprint density at radius 3 is 1.75 bits per heavy atom. The van der Waals surface area contributed by atoms with Crippen molar-refractivity contribution >= 4 is 11.9 Å². The third-order valence-electron chi connectivity index (χ3n) is 3.12. The number of carbonyl (C=O) groups is 2. The lowest BCUT2D eigenvalue weighted by molar-refractivity contribution is -0.364. The van der Waals surface area contributed by atoms with Crippen LogP contribution in [0, 0.1) is 5.41 Å². The smallest absolute Gasteiger partial charge is 0.461 e. The van der Waals surface area contributed by atoms with Crippen LogP contribution in [0.4, 0.5) is 22.0 Å². The number of hydrogen-bond acceptors (Lipinski definition) is 5. The molecule has 0 spiro atoms. The Morgan fingerprint density at radius 1 is 0.917 bits per heavy atom. The highest BCUT2D eigenvalue weighted by Crippen LogP contribution is 2.39. The van der Waals surface area contributed by atoms with Gasteiger partial charge in [0.05, 0.1) is 12.0 Å². The topological polar surface area (TPSA) is 61.8 Å². The highest BCUT2D eigenvalue weighted by molar-refractivity contribution is 5.84. The SMILES string of the molecule is CCOC(=O)C(OCC(C)(F)F)(OC(=O)C(C)(C)CC)C(F)(F)F. The van der Waals surface area contributed by atoms with E-state index in [1.54, 1.807) is 0 Å². The third-order valence-corrected chi connectivity index (χ3v) is 3.12. The first-order valence-electron chi connectivity index (χ1n) is 7.12. The van der Waals surface area contributed by atoms with E-state index in [-0.39, 0.29) is 13.3 Å². The summed E-state index contributed by atoms with van der Waals surface area (Å²) in [5, 5.41) is 0. The van der Waals surface area contributed by atoms with E-state index < -0.39 is 48.5 Å². The molecule has 0 aliphatic heterocycles. The highest BCUT2D eigenvalue weighted by Gasteiger charge is 2.68. The van der Waals surface area contributed by atoms with E-state index >= 15 is 0 Å². The molecule has 0 N–H and O–H groups in total. The molecule has 10 heteroatoms. The maximum atomic E-state index is 13.4. The van der Waals surface area contributed by atoms with Crippen LogP contribution < -0.4 is 0 Å². The quantitative estimate of drug-likeness (QED) is 0.375. The standard InChI is InChI=1S/C14H21F5O5/c1-6-11(3,4)9(20)24-13(14(17,18)19,10(21)22-7-2)23-8-12(5,15)16/h6-8H2,1-5H3. The van der Waals surface area contributed by atoms with Gasteiger partial charge in [-0.25, -0.2) is 13.6 Å². The molecule has 142 valence electrons. The van der Waals surface area contributed by atoms with Crippen molar-refractivity contribution in [2.75, 3.05) is 13.2 Å². The van der Waals surface area contributed by atoms with Crippen molar-refractivity contribution in [2.24, 2.45) is 5.41 Å². The van der Waals surface area contributed by atoms with Gasteiger partial charge in [-0.15, -0.1) is 0 Å². The lowest BCUT2D eigenvalue weighted by Gasteiger charge is -2.35. The van der Waals surface area contributed by atoms with Gasteiger partial charge in [0.1, 0.15) is 6.61 Å². The van der Waals surface area contributed by atoms with Crippen molar-refractivity contribution in [3.05, 3.63) is 0 Å². The Balaban J connectivity index is 5.92. The molecule has 0 saturated heterocycles. The summed E-state index contributed by atoms with van der Waals surface area (Å²) in [4.78, 5) is 23.8. The van der Waals surface area contributed by atoms with Gasteiger partial charge in [0.25, 0.3) is 5.92 Å². The maximum absolute atomic E-state index is 13.4. The molecule has 0 fully saturated rings. The van der Waals surface area contributed by atoms with Crippen LogP contribution in [-0.4, -0.2) is 43.0 Å². The lowest BCUT2D eigenvalue weighted by Crippen LogP contribution is -2.60. The molecule has 0 bridgehead atoms. The van der Waals surface area contributed by atoms with Crippen LogP contribution >= 0.6 is 0 Å². The molecule has 24 heavy (non-hydrogen) atoms. The molecule has 5 nitrogen and oxygen atoms in total. The van der Waals surface area contributed by atoms with Crippen molar-refractivity contribution in [3.8, 4) is 0 Å². The predicted octanol–water partition coefficient (Wildman–Crippen LogP) is 3.46. The van der Waals surface area contributed by atoms with Crippen LogP contribution in [0.3, 0.4) is 0 Å². The summed E-state index contributed by atoms with van der Waals surface area (Å²) in [7, 11) is 0. The van der Waals surface area contributed by atoms with E-state index in [1.807, 2.05) is 0 Å². The van der Waals surface area contributed by atoms with Gasteiger partial charge < -0.3 is 14.2 Å². The van der Waals surface area contributed by atoms with Crippen molar-refractivity contribution in [3.63, 3.8) is 0 Å². The molecule has 0 amide bonds. The summed E-state index contributed by atoms with van der Waals surface area (Å²) in [5.74, 6) is -11.5. The summed E-state index contributed by atoms with van der Waals surface area (Å²) in [6.07, 6.45) is -5.55. The van der Waals surface area contributed by atoms with E-state index in [0.717, 1.165) is 0 Å². The van der Waals surface area contributed by atoms with Gasteiger partial charge in [0.2, 0.25) is 0 Å². The number of rotatable bonds is 8. The average Bonchev–Trinajstić information content (AvgIpc) is 2.40. The first-order chi connectivity index (χ1) is 10.6. The van der Waals surface area contributed by atoms with Crippen LogP contribution in [0.15, 0.2) is 0 Å². The average molecular weight is 364 g/mol. The minimum atomic E-state index is -5.62. The Bertz CT molecular complexity index is 455. The second-order valence-electron chi connectivity index (χ2n) is 5.82. The minimum absolute atomic E-state index is 0.0759. The minimum Gasteiger partial charge on any atom is -0.461 e. The molecule has 0 aliphatic carbocycles. The first-order valence-corrected chi connectivity index (χ1v) is 7.12. The Morgan fingerprint density at radius 2 is 1.42 bits per heavy atom. The fraction of sp³-hybridized carbons (Fsp3) is 0.857. The fourth-order valence-electron chi connectivity index (χ4n) is 1.25. The maximum Gasteiger partial charge on any atom is 0.468 e. The highest BCUT2D eigenvalue weighted by atomic mass is 19.4. The zero-order valence-corrected chi connectivity index (χ0v) is 14.1. The van der Waals surface area contributed by atoms with Crippen molar-refractivity contribution in [1.82, 2.24) is 0 Å².